The summed E-state index contributed by atoms with van der Waals surface area (Å²) in [5.41, 5.74) is 20.6. The van der Waals surface area contributed by atoms with Crippen LogP contribution in [0.25, 0.3) is 0 Å². The first kappa shape index (κ1) is 38.8. The van der Waals surface area contributed by atoms with Gasteiger partial charge in [-0.3, -0.25) is 19.2 Å². The van der Waals surface area contributed by atoms with Crippen LogP contribution in [0.3, 0.4) is 0 Å². The van der Waals surface area contributed by atoms with Crippen LogP contribution in [0.15, 0.2) is 12.5 Å². The molecule has 0 saturated heterocycles. The molecular weight excluding hydrogens is 554 g/mol. The van der Waals surface area contributed by atoms with Crippen molar-refractivity contribution >= 4 is 61.8 Å². The molecule has 0 saturated carbocycles. The Bertz CT molecular complexity index is 638. The number of nitrogens with two attached hydrogens (primary N) is 4. The van der Waals surface area contributed by atoms with Crippen molar-refractivity contribution in [2.45, 2.75) is 30.6 Å². The van der Waals surface area contributed by atoms with Crippen molar-refractivity contribution in [2.75, 3.05) is 17.3 Å². The molecule has 4 atom stereocenters. The Kier molecular flexibility index (Phi) is 28.0. The van der Waals surface area contributed by atoms with Crippen LogP contribution in [-0.2, 0) is 83.0 Å². The topological polar surface area (TPSA) is 280 Å². The second-order valence-corrected chi connectivity index (χ2v) is 6.50. The fraction of sp³-hybridized carbons (Fsp3) is 0.533. The molecular formula is C15H28N6O8S3Zn. The van der Waals surface area contributed by atoms with Gasteiger partial charge in [-0.2, -0.15) is 17.3 Å². The van der Waals surface area contributed by atoms with Gasteiger partial charge in [-0.05, 0) is 6.42 Å². The molecule has 1 aromatic rings. The number of nitrogens with zero attached hydrogens (tertiary/aromatic N) is 2. The average molecular weight is 582 g/mol. The van der Waals surface area contributed by atoms with Crippen LogP contribution >= 0.6 is 0 Å². The molecule has 0 aromatic carbocycles. The van der Waals surface area contributed by atoms with Gasteiger partial charge in [0.15, 0.2) is 0 Å². The molecule has 0 amide bonds. The molecule has 18 heteroatoms. The summed E-state index contributed by atoms with van der Waals surface area (Å²) in [7, 11) is 0. The van der Waals surface area contributed by atoms with E-state index in [4.69, 9.17) is 43.4 Å². The van der Waals surface area contributed by atoms with E-state index in [0.29, 0.717) is 5.69 Å². The van der Waals surface area contributed by atoms with Crippen molar-refractivity contribution < 1.29 is 61.9 Å². The Balaban J connectivity index is -0.0000000798. The van der Waals surface area contributed by atoms with Gasteiger partial charge in [0.1, 0.15) is 6.04 Å². The molecule has 0 unspecified atom stereocenters. The predicted octanol–water partition coefficient (Wildman–Crippen LogP) is -3.95. The van der Waals surface area contributed by atoms with E-state index in [1.807, 2.05) is 0 Å². The van der Waals surface area contributed by atoms with E-state index >= 15 is 0 Å². The zero-order valence-corrected chi connectivity index (χ0v) is 22.8. The van der Waals surface area contributed by atoms with Gasteiger partial charge < -0.3 is 91.2 Å². The third kappa shape index (κ3) is 25.1. The average Bonchev–Trinajstić information content (AvgIpc) is 3.25. The molecule has 0 spiro atoms. The van der Waals surface area contributed by atoms with Gasteiger partial charge in [0.25, 0.3) is 0 Å². The molecule has 186 valence electrons. The number of carboxylic acids is 4. The maximum atomic E-state index is 10.3. The quantitative estimate of drug-likeness (QED) is 0.102. The third-order valence-electron chi connectivity index (χ3n) is 2.75. The fourth-order valence-electron chi connectivity index (χ4n) is 0.892. The number of hydrogen-bond acceptors (Lipinski definition) is 12. The van der Waals surface area contributed by atoms with Crippen LogP contribution in [0.5, 0.6) is 0 Å². The number of aromatic nitrogens is 2. The molecule has 1 aromatic heterocycles. The van der Waals surface area contributed by atoms with E-state index in [9.17, 15) is 19.2 Å². The Morgan fingerprint density at radius 1 is 0.788 bits per heavy atom. The second-order valence-electron chi connectivity index (χ2n) is 5.50. The Labute approximate surface area is 222 Å². The summed E-state index contributed by atoms with van der Waals surface area (Å²) in [4.78, 5) is 46.9. The zero-order chi connectivity index (χ0) is 25.9. The van der Waals surface area contributed by atoms with Crippen molar-refractivity contribution in [3.05, 3.63) is 18.2 Å². The van der Waals surface area contributed by atoms with E-state index in [1.54, 1.807) is 0 Å². The van der Waals surface area contributed by atoms with E-state index < -0.39 is 48.0 Å². The minimum absolute atomic E-state index is 0. The van der Waals surface area contributed by atoms with Crippen LogP contribution in [0.2, 0.25) is 0 Å². The molecule has 12 N–H and O–H groups in total. The molecule has 1 heterocycles. The van der Waals surface area contributed by atoms with Crippen LogP contribution in [0.4, 0.5) is 0 Å². The van der Waals surface area contributed by atoms with E-state index in [0.717, 1.165) is 0 Å². The van der Waals surface area contributed by atoms with Crippen LogP contribution < -0.4 is 27.9 Å². The predicted molar refractivity (Wildman–Crippen MR) is 123 cm³/mol. The van der Waals surface area contributed by atoms with Crippen LogP contribution in [0, 0.1) is 0 Å². The van der Waals surface area contributed by atoms with Crippen LogP contribution in [-0.4, -0.2) is 90.7 Å². The van der Waals surface area contributed by atoms with Gasteiger partial charge in [-0.25, -0.2) is 0 Å². The first-order valence-electron chi connectivity index (χ1n) is 8.34. The first-order valence-corrected chi connectivity index (χ1v) is 10.1. The SMILES string of the molecule is N[C@@H](C[S-])C(=O)O.N[C@@H](C[S-])C(=O)O.N[C@@H](C[S-])C(=O)O.N[C@@H](Cc1c[n-]cn1)C(=O)O.[H+].[H+].[Zn+2]. The van der Waals surface area contributed by atoms with Gasteiger partial charge in [-0.15, -0.1) is 0 Å². The normalized spacial score (nSPS) is 12.8. The Hall–Kier alpha value is -1.40. The summed E-state index contributed by atoms with van der Waals surface area (Å²) in [6.07, 6.45) is 3.10. The summed E-state index contributed by atoms with van der Waals surface area (Å²) in [6, 6.07) is -3.48. The number of hydrogen-bond donors (Lipinski definition) is 8. The molecule has 0 aliphatic carbocycles. The largest absolute Gasteiger partial charge is 2.00 e. The van der Waals surface area contributed by atoms with E-state index in [1.165, 1.54) is 12.5 Å². The monoisotopic (exact) mass is 580 g/mol. The van der Waals surface area contributed by atoms with Gasteiger partial charge in [0.05, 0.1) is 18.1 Å². The number of rotatable bonds is 9. The molecule has 1 rings (SSSR count). The van der Waals surface area contributed by atoms with E-state index in [2.05, 4.69) is 47.9 Å². The van der Waals surface area contributed by atoms with Crippen LogP contribution in [0.1, 0.15) is 8.55 Å². The second kappa shape index (κ2) is 23.8. The maximum absolute atomic E-state index is 10.3. The number of carboxylic acid groups (broad SMARTS) is 4. The van der Waals surface area contributed by atoms with Crippen molar-refractivity contribution in [1.82, 2.24) is 9.97 Å². The van der Waals surface area contributed by atoms with Crippen molar-refractivity contribution in [2.24, 2.45) is 22.9 Å². The molecule has 0 bridgehead atoms. The molecule has 0 aliphatic rings. The van der Waals surface area contributed by atoms with Crippen molar-refractivity contribution in [3.63, 3.8) is 0 Å². The van der Waals surface area contributed by atoms with E-state index in [-0.39, 0.29) is 46.0 Å². The zero-order valence-electron chi connectivity index (χ0n) is 19.4. The molecule has 0 fully saturated rings. The summed E-state index contributed by atoms with van der Waals surface area (Å²) < 4.78 is 0. The van der Waals surface area contributed by atoms with Crippen molar-refractivity contribution in [3.8, 4) is 0 Å². The summed E-state index contributed by atoms with van der Waals surface area (Å²) in [5.74, 6) is -3.88. The van der Waals surface area contributed by atoms with Gasteiger partial charge in [-0.1, -0.05) is 18.2 Å². The molecule has 0 radical (unpaired) electrons. The molecule has 14 nitrogen and oxygen atoms in total. The Morgan fingerprint density at radius 3 is 1.24 bits per heavy atom. The summed E-state index contributed by atoms with van der Waals surface area (Å²) in [6.45, 7) is 0. The molecule has 33 heavy (non-hydrogen) atoms. The maximum Gasteiger partial charge on any atom is 2.00 e. The van der Waals surface area contributed by atoms with Gasteiger partial charge >= 0.3 is 46.2 Å². The number of carbonyl (C=O) groups is 4. The van der Waals surface area contributed by atoms with Gasteiger partial charge in [0.2, 0.25) is 0 Å². The van der Waals surface area contributed by atoms with Gasteiger partial charge in [0, 0.05) is 0 Å². The summed E-state index contributed by atoms with van der Waals surface area (Å²) >= 11 is 13.0. The fourth-order valence-corrected chi connectivity index (χ4v) is 1.32. The number of imidazole rings is 1. The smallest absolute Gasteiger partial charge is 0.791 e. The molecule has 0 aliphatic heterocycles. The van der Waals surface area contributed by atoms with Crippen molar-refractivity contribution in [1.29, 1.82) is 0 Å². The summed E-state index contributed by atoms with van der Waals surface area (Å²) in [5, 5.41) is 32.4. The minimum Gasteiger partial charge on any atom is -0.791 e. The Morgan fingerprint density at radius 2 is 1.09 bits per heavy atom. The third-order valence-corrected chi connectivity index (χ3v) is 3.83. The number of aliphatic carboxylic acids is 4. The standard InChI is InChI=1S/C6H9N3O2.3C3H7NO2S.Zn/c7-5(6(10)11)1-4-2-8-3-9-4;3*4-2(1-7)3(5)6;/h2-3,5H,1,7H2,(H2,8,9,10,11);3*2,7H,1,4H2,(H,5,6);/q;;;;+2/p-2/t5-;3*2-;/m0000./s1. The first-order chi connectivity index (χ1) is 14.7. The minimum atomic E-state index is -1.03.